The zero-order valence-corrected chi connectivity index (χ0v) is 9.01. The van der Waals surface area contributed by atoms with Gasteiger partial charge in [-0.2, -0.15) is 0 Å². The maximum atomic E-state index is 13.1. The van der Waals surface area contributed by atoms with Gasteiger partial charge in [-0.05, 0) is 24.6 Å². The summed E-state index contributed by atoms with van der Waals surface area (Å²) >= 11 is 8.28. The SMILES string of the molecule is CCC(=S)c1cc(Br)ccc1F. The van der Waals surface area contributed by atoms with Crippen molar-refractivity contribution in [2.75, 3.05) is 0 Å². The van der Waals surface area contributed by atoms with Crippen LogP contribution in [0.15, 0.2) is 22.7 Å². The van der Waals surface area contributed by atoms with Crippen molar-refractivity contribution in [3.63, 3.8) is 0 Å². The fourth-order valence-electron chi connectivity index (χ4n) is 0.902. The number of rotatable bonds is 2. The highest BCUT2D eigenvalue weighted by atomic mass is 79.9. The second-order valence-corrected chi connectivity index (χ2v) is 3.81. The molecule has 0 atom stereocenters. The first kappa shape index (κ1) is 9.81. The lowest BCUT2D eigenvalue weighted by Crippen LogP contribution is -1.98. The summed E-state index contributed by atoms with van der Waals surface area (Å²) in [5, 5.41) is 0. The van der Waals surface area contributed by atoms with E-state index in [1.807, 2.05) is 6.92 Å². The number of halogens is 2. The van der Waals surface area contributed by atoms with Crippen molar-refractivity contribution in [1.29, 1.82) is 0 Å². The van der Waals surface area contributed by atoms with E-state index in [4.69, 9.17) is 12.2 Å². The monoisotopic (exact) mass is 246 g/mol. The number of hydrogen-bond donors (Lipinski definition) is 0. The van der Waals surface area contributed by atoms with Crippen molar-refractivity contribution >= 4 is 33.0 Å². The van der Waals surface area contributed by atoms with Crippen molar-refractivity contribution in [3.05, 3.63) is 34.1 Å². The molecule has 0 aromatic heterocycles. The summed E-state index contributed by atoms with van der Waals surface area (Å²) in [6, 6.07) is 4.79. The van der Waals surface area contributed by atoms with E-state index < -0.39 is 0 Å². The topological polar surface area (TPSA) is 0 Å². The highest BCUT2D eigenvalue weighted by Crippen LogP contribution is 2.17. The van der Waals surface area contributed by atoms with Gasteiger partial charge >= 0.3 is 0 Å². The molecule has 1 rings (SSSR count). The van der Waals surface area contributed by atoms with Crippen LogP contribution in [-0.2, 0) is 0 Å². The quantitative estimate of drug-likeness (QED) is 0.567. The second kappa shape index (κ2) is 4.10. The predicted molar refractivity (Wildman–Crippen MR) is 56.1 cm³/mol. The van der Waals surface area contributed by atoms with Crippen LogP contribution in [-0.4, -0.2) is 4.86 Å². The average Bonchev–Trinajstić information content (AvgIpc) is 2.08. The zero-order chi connectivity index (χ0) is 9.14. The second-order valence-electron chi connectivity index (χ2n) is 2.40. The third-order valence-electron chi connectivity index (χ3n) is 1.55. The van der Waals surface area contributed by atoms with Gasteiger partial charge in [0.15, 0.2) is 0 Å². The molecule has 0 heterocycles. The maximum Gasteiger partial charge on any atom is 0.131 e. The molecule has 0 fully saturated rings. The third-order valence-corrected chi connectivity index (χ3v) is 2.55. The maximum absolute atomic E-state index is 13.1. The summed E-state index contributed by atoms with van der Waals surface area (Å²) in [7, 11) is 0. The minimum atomic E-state index is -0.245. The van der Waals surface area contributed by atoms with Gasteiger partial charge in [0.25, 0.3) is 0 Å². The van der Waals surface area contributed by atoms with Gasteiger partial charge in [0.2, 0.25) is 0 Å². The molecule has 1 aromatic rings. The van der Waals surface area contributed by atoms with Crippen molar-refractivity contribution in [3.8, 4) is 0 Å². The Morgan fingerprint density at radius 2 is 2.25 bits per heavy atom. The molecule has 12 heavy (non-hydrogen) atoms. The standard InChI is InChI=1S/C9H8BrFS/c1-2-9(12)7-5-6(10)3-4-8(7)11/h3-5H,2H2,1H3. The molecular formula is C9H8BrFS. The van der Waals surface area contributed by atoms with Gasteiger partial charge in [-0.15, -0.1) is 0 Å². The first-order valence-electron chi connectivity index (χ1n) is 3.63. The Hall–Kier alpha value is -0.280. The Morgan fingerprint density at radius 3 is 2.83 bits per heavy atom. The molecule has 0 aliphatic heterocycles. The Kier molecular flexibility index (Phi) is 3.35. The Bertz CT molecular complexity index is 309. The molecule has 0 spiro atoms. The largest absolute Gasteiger partial charge is 0.206 e. The molecule has 0 saturated carbocycles. The summed E-state index contributed by atoms with van der Waals surface area (Å²) in [4.78, 5) is 0.661. The summed E-state index contributed by atoms with van der Waals surface area (Å²) in [5.74, 6) is -0.245. The van der Waals surface area contributed by atoms with Crippen LogP contribution in [0, 0.1) is 5.82 Å². The fraction of sp³-hybridized carbons (Fsp3) is 0.222. The molecule has 3 heteroatoms. The minimum Gasteiger partial charge on any atom is -0.206 e. The lowest BCUT2D eigenvalue weighted by Gasteiger charge is -2.02. The highest BCUT2D eigenvalue weighted by Gasteiger charge is 2.05. The molecule has 0 aliphatic rings. The molecule has 0 nitrogen and oxygen atoms in total. The van der Waals surface area contributed by atoms with E-state index in [9.17, 15) is 4.39 Å². The van der Waals surface area contributed by atoms with E-state index in [0.29, 0.717) is 16.8 Å². The van der Waals surface area contributed by atoms with Crippen molar-refractivity contribution in [2.45, 2.75) is 13.3 Å². The number of hydrogen-bond acceptors (Lipinski definition) is 1. The normalized spacial score (nSPS) is 9.92. The van der Waals surface area contributed by atoms with Gasteiger partial charge in [-0.1, -0.05) is 35.1 Å². The van der Waals surface area contributed by atoms with Gasteiger partial charge in [0.05, 0.1) is 0 Å². The van der Waals surface area contributed by atoms with Crippen LogP contribution < -0.4 is 0 Å². The molecular weight excluding hydrogens is 239 g/mol. The van der Waals surface area contributed by atoms with E-state index in [0.717, 1.165) is 4.47 Å². The summed E-state index contributed by atoms with van der Waals surface area (Å²) in [5.41, 5.74) is 0.530. The highest BCUT2D eigenvalue weighted by molar-refractivity contribution is 9.10. The molecule has 1 aromatic carbocycles. The van der Waals surface area contributed by atoms with Crippen LogP contribution in [0.4, 0.5) is 4.39 Å². The van der Waals surface area contributed by atoms with Gasteiger partial charge in [-0.25, -0.2) is 4.39 Å². The molecule has 0 N–H and O–H groups in total. The Labute approximate surface area is 84.9 Å². The number of benzene rings is 1. The molecule has 0 amide bonds. The summed E-state index contributed by atoms with van der Waals surface area (Å²) in [6.45, 7) is 1.92. The first-order valence-corrected chi connectivity index (χ1v) is 4.83. The van der Waals surface area contributed by atoms with Crippen LogP contribution in [0.2, 0.25) is 0 Å². The smallest absolute Gasteiger partial charge is 0.131 e. The average molecular weight is 247 g/mol. The molecule has 0 bridgehead atoms. The Balaban J connectivity index is 3.13. The molecule has 64 valence electrons. The lowest BCUT2D eigenvalue weighted by molar-refractivity contribution is 0.625. The zero-order valence-electron chi connectivity index (χ0n) is 6.60. The van der Waals surface area contributed by atoms with E-state index >= 15 is 0 Å². The summed E-state index contributed by atoms with van der Waals surface area (Å²) in [6.07, 6.45) is 0.697. The van der Waals surface area contributed by atoms with Crippen LogP contribution in [0.25, 0.3) is 0 Å². The van der Waals surface area contributed by atoms with Gasteiger partial charge in [-0.3, -0.25) is 0 Å². The van der Waals surface area contributed by atoms with Crippen molar-refractivity contribution < 1.29 is 4.39 Å². The van der Waals surface area contributed by atoms with Gasteiger partial charge in [0, 0.05) is 14.9 Å². The van der Waals surface area contributed by atoms with E-state index in [1.54, 1.807) is 12.1 Å². The fourth-order valence-corrected chi connectivity index (χ4v) is 1.42. The van der Waals surface area contributed by atoms with Crippen LogP contribution in [0.5, 0.6) is 0 Å². The Morgan fingerprint density at radius 1 is 1.58 bits per heavy atom. The van der Waals surface area contributed by atoms with Gasteiger partial charge in [0.1, 0.15) is 5.82 Å². The van der Waals surface area contributed by atoms with E-state index in [1.165, 1.54) is 6.07 Å². The lowest BCUT2D eigenvalue weighted by atomic mass is 10.1. The molecule has 0 unspecified atom stereocenters. The van der Waals surface area contributed by atoms with Crippen molar-refractivity contribution in [1.82, 2.24) is 0 Å². The van der Waals surface area contributed by atoms with E-state index in [-0.39, 0.29) is 5.82 Å². The molecule has 0 aliphatic carbocycles. The third kappa shape index (κ3) is 2.11. The number of thiocarbonyl (C=S) groups is 1. The van der Waals surface area contributed by atoms with Crippen LogP contribution in [0.1, 0.15) is 18.9 Å². The molecule has 0 radical (unpaired) electrons. The molecule has 0 saturated heterocycles. The van der Waals surface area contributed by atoms with E-state index in [2.05, 4.69) is 15.9 Å². The van der Waals surface area contributed by atoms with Gasteiger partial charge < -0.3 is 0 Å². The first-order chi connectivity index (χ1) is 5.65. The predicted octanol–water partition coefficient (Wildman–Crippen LogP) is 3.72. The van der Waals surface area contributed by atoms with Crippen molar-refractivity contribution in [2.24, 2.45) is 0 Å². The minimum absolute atomic E-state index is 0.245. The van der Waals surface area contributed by atoms with Crippen LogP contribution >= 0.6 is 28.1 Å². The summed E-state index contributed by atoms with van der Waals surface area (Å²) < 4.78 is 14.0. The van der Waals surface area contributed by atoms with Crippen LogP contribution in [0.3, 0.4) is 0 Å².